The fraction of sp³-hybridized carbons (Fsp3) is 0.160. The first-order valence-corrected chi connectivity index (χ1v) is 10.1. The standard InChI is InChI=1S/C25H27N5O/c1-4-24(26)28-15-19-8-10-22(11-9-19)29-18(3)20-6-5-7-23(13-20)30-25(31)21-12-17(2)14-27-16-21/h4-14,16,18,29H,1,15H2,2-3H3,(H2,26,28)(H,30,31). The van der Waals surface area contributed by atoms with E-state index in [0.717, 1.165) is 28.1 Å². The number of carbonyl (C=O) groups is 1. The van der Waals surface area contributed by atoms with E-state index < -0.39 is 0 Å². The van der Waals surface area contributed by atoms with E-state index in [2.05, 4.69) is 34.1 Å². The normalized spacial score (nSPS) is 12.1. The van der Waals surface area contributed by atoms with Crippen LogP contribution >= 0.6 is 0 Å². The molecule has 6 heteroatoms. The summed E-state index contributed by atoms with van der Waals surface area (Å²) >= 11 is 0. The Morgan fingerprint density at radius 2 is 1.94 bits per heavy atom. The van der Waals surface area contributed by atoms with Gasteiger partial charge in [-0.25, -0.2) is 0 Å². The third-order valence-corrected chi connectivity index (χ3v) is 4.77. The highest BCUT2D eigenvalue weighted by Gasteiger charge is 2.10. The molecule has 31 heavy (non-hydrogen) atoms. The van der Waals surface area contributed by atoms with Gasteiger partial charge in [-0.05, 0) is 66.9 Å². The smallest absolute Gasteiger partial charge is 0.257 e. The number of amidine groups is 1. The Bertz CT molecular complexity index is 1090. The summed E-state index contributed by atoms with van der Waals surface area (Å²) in [4.78, 5) is 20.8. The average Bonchev–Trinajstić information content (AvgIpc) is 2.78. The fourth-order valence-corrected chi connectivity index (χ4v) is 3.05. The summed E-state index contributed by atoms with van der Waals surface area (Å²) < 4.78 is 0. The number of nitrogens with two attached hydrogens (primary N) is 1. The van der Waals surface area contributed by atoms with Gasteiger partial charge in [-0.2, -0.15) is 0 Å². The summed E-state index contributed by atoms with van der Waals surface area (Å²) in [6.45, 7) is 8.11. The molecular formula is C25H27N5O. The molecule has 1 aromatic heterocycles. The van der Waals surface area contributed by atoms with E-state index >= 15 is 0 Å². The highest BCUT2D eigenvalue weighted by molar-refractivity contribution is 6.04. The number of hydrogen-bond donors (Lipinski definition) is 3. The largest absolute Gasteiger partial charge is 0.384 e. The monoisotopic (exact) mass is 413 g/mol. The molecule has 0 bridgehead atoms. The highest BCUT2D eigenvalue weighted by Crippen LogP contribution is 2.23. The van der Waals surface area contributed by atoms with Crippen molar-refractivity contribution < 1.29 is 4.79 Å². The topological polar surface area (TPSA) is 92.4 Å². The van der Waals surface area contributed by atoms with Gasteiger partial charge in [-0.15, -0.1) is 0 Å². The van der Waals surface area contributed by atoms with Crippen LogP contribution < -0.4 is 16.4 Å². The lowest BCUT2D eigenvalue weighted by Gasteiger charge is -2.17. The molecule has 0 fully saturated rings. The number of benzene rings is 2. The quantitative estimate of drug-likeness (QED) is 0.363. The number of pyridine rings is 1. The molecule has 4 N–H and O–H groups in total. The van der Waals surface area contributed by atoms with Crippen molar-refractivity contribution in [2.45, 2.75) is 26.4 Å². The molecule has 6 nitrogen and oxygen atoms in total. The Balaban J connectivity index is 1.64. The lowest BCUT2D eigenvalue weighted by atomic mass is 10.1. The molecule has 0 saturated heterocycles. The van der Waals surface area contributed by atoms with Gasteiger partial charge < -0.3 is 16.4 Å². The third-order valence-electron chi connectivity index (χ3n) is 4.77. The predicted octanol–water partition coefficient (Wildman–Crippen LogP) is 4.86. The number of rotatable bonds is 8. The van der Waals surface area contributed by atoms with Gasteiger partial charge in [0.25, 0.3) is 5.91 Å². The van der Waals surface area contributed by atoms with Crippen LogP contribution in [0.15, 0.2) is 84.6 Å². The molecule has 1 heterocycles. The molecule has 0 radical (unpaired) electrons. The van der Waals surface area contributed by atoms with Gasteiger partial charge >= 0.3 is 0 Å². The lowest BCUT2D eigenvalue weighted by Crippen LogP contribution is -2.13. The number of carbonyl (C=O) groups excluding carboxylic acids is 1. The molecule has 0 aliphatic rings. The van der Waals surface area contributed by atoms with Crippen LogP contribution in [0.25, 0.3) is 0 Å². The molecular weight excluding hydrogens is 386 g/mol. The van der Waals surface area contributed by atoms with Crippen LogP contribution in [0.3, 0.4) is 0 Å². The molecule has 1 unspecified atom stereocenters. The van der Waals surface area contributed by atoms with Crippen LogP contribution in [0.2, 0.25) is 0 Å². The van der Waals surface area contributed by atoms with Crippen molar-refractivity contribution in [2.75, 3.05) is 10.6 Å². The zero-order valence-electron chi connectivity index (χ0n) is 17.8. The van der Waals surface area contributed by atoms with Gasteiger partial charge in [-0.3, -0.25) is 14.8 Å². The van der Waals surface area contributed by atoms with Gasteiger partial charge in [0.1, 0.15) is 5.84 Å². The summed E-state index contributed by atoms with van der Waals surface area (Å²) in [7, 11) is 0. The Labute approximate surface area is 182 Å². The zero-order valence-corrected chi connectivity index (χ0v) is 17.8. The second-order valence-electron chi connectivity index (χ2n) is 7.34. The number of anilines is 2. The van der Waals surface area contributed by atoms with Crippen LogP contribution in [-0.4, -0.2) is 16.7 Å². The molecule has 0 saturated carbocycles. The Morgan fingerprint density at radius 1 is 1.16 bits per heavy atom. The number of aromatic nitrogens is 1. The summed E-state index contributed by atoms with van der Waals surface area (Å²) in [5.41, 5.74) is 11.0. The maximum absolute atomic E-state index is 12.5. The van der Waals surface area contributed by atoms with Gasteiger partial charge in [-0.1, -0.05) is 30.8 Å². The average molecular weight is 414 g/mol. The van der Waals surface area contributed by atoms with Crippen molar-refractivity contribution in [1.29, 1.82) is 0 Å². The number of nitrogens with one attached hydrogen (secondary N) is 2. The van der Waals surface area contributed by atoms with Crippen LogP contribution in [0, 0.1) is 6.92 Å². The molecule has 1 atom stereocenters. The summed E-state index contributed by atoms with van der Waals surface area (Å²) in [6, 6.07) is 17.7. The summed E-state index contributed by atoms with van der Waals surface area (Å²) in [5.74, 6) is 0.255. The highest BCUT2D eigenvalue weighted by atomic mass is 16.1. The van der Waals surface area contributed by atoms with Crippen LogP contribution in [0.4, 0.5) is 11.4 Å². The van der Waals surface area contributed by atoms with Crippen molar-refractivity contribution in [3.63, 3.8) is 0 Å². The zero-order chi connectivity index (χ0) is 22.2. The van der Waals surface area contributed by atoms with Crippen LogP contribution in [0.5, 0.6) is 0 Å². The second kappa shape index (κ2) is 10.2. The minimum absolute atomic E-state index is 0.0535. The van der Waals surface area contributed by atoms with Crippen molar-refractivity contribution in [3.05, 3.63) is 102 Å². The number of amides is 1. The maximum Gasteiger partial charge on any atom is 0.257 e. The van der Waals surface area contributed by atoms with E-state index in [1.807, 2.05) is 61.5 Å². The number of aliphatic imine (C=N–C) groups is 1. The van der Waals surface area contributed by atoms with Crippen LogP contribution in [-0.2, 0) is 6.54 Å². The minimum atomic E-state index is -0.177. The summed E-state index contributed by atoms with van der Waals surface area (Å²) in [5, 5.41) is 6.43. The van der Waals surface area contributed by atoms with E-state index in [0.29, 0.717) is 17.9 Å². The number of aryl methyl sites for hydroxylation is 1. The predicted molar refractivity (Wildman–Crippen MR) is 127 cm³/mol. The molecule has 0 aliphatic carbocycles. The van der Waals surface area contributed by atoms with Gasteiger partial charge in [0.15, 0.2) is 0 Å². The maximum atomic E-state index is 12.5. The van der Waals surface area contributed by atoms with Gasteiger partial charge in [0.05, 0.1) is 12.1 Å². The first-order chi connectivity index (χ1) is 14.9. The van der Waals surface area contributed by atoms with Crippen molar-refractivity contribution >= 4 is 23.1 Å². The Morgan fingerprint density at radius 3 is 2.65 bits per heavy atom. The first-order valence-electron chi connectivity index (χ1n) is 10.1. The van der Waals surface area contributed by atoms with Crippen LogP contribution in [0.1, 0.15) is 40.0 Å². The third kappa shape index (κ3) is 6.27. The molecule has 3 rings (SSSR count). The molecule has 3 aromatic rings. The van der Waals surface area contributed by atoms with Crippen molar-refractivity contribution in [1.82, 2.24) is 4.98 Å². The number of hydrogen-bond acceptors (Lipinski definition) is 4. The van der Waals surface area contributed by atoms with Gasteiger partial charge in [0.2, 0.25) is 0 Å². The second-order valence-corrected chi connectivity index (χ2v) is 7.34. The molecule has 158 valence electrons. The van der Waals surface area contributed by atoms with Crippen molar-refractivity contribution in [2.24, 2.45) is 10.7 Å². The van der Waals surface area contributed by atoms with E-state index in [1.54, 1.807) is 12.4 Å². The molecule has 2 aromatic carbocycles. The van der Waals surface area contributed by atoms with Crippen molar-refractivity contribution in [3.8, 4) is 0 Å². The van der Waals surface area contributed by atoms with E-state index in [1.165, 1.54) is 6.08 Å². The molecule has 0 aliphatic heterocycles. The molecule has 1 amide bonds. The first kappa shape index (κ1) is 21.8. The minimum Gasteiger partial charge on any atom is -0.384 e. The SMILES string of the molecule is C=CC(N)=NCc1ccc(NC(C)c2cccc(NC(=O)c3cncc(C)c3)c2)cc1. The Kier molecular flexibility index (Phi) is 7.17. The number of nitrogens with zero attached hydrogens (tertiary/aromatic N) is 2. The van der Waals surface area contributed by atoms with E-state index in [4.69, 9.17) is 5.73 Å². The summed E-state index contributed by atoms with van der Waals surface area (Å²) in [6.07, 6.45) is 4.82. The van der Waals surface area contributed by atoms with E-state index in [9.17, 15) is 4.79 Å². The Hall–Kier alpha value is -3.93. The lowest BCUT2D eigenvalue weighted by molar-refractivity contribution is 0.102. The fourth-order valence-electron chi connectivity index (χ4n) is 3.05. The van der Waals surface area contributed by atoms with E-state index in [-0.39, 0.29) is 11.9 Å². The molecule has 0 spiro atoms. The van der Waals surface area contributed by atoms with Gasteiger partial charge in [0, 0.05) is 29.8 Å².